The fourth-order valence-electron chi connectivity index (χ4n) is 3.13. The smallest absolute Gasteiger partial charge is 0.229 e. The van der Waals surface area contributed by atoms with Gasteiger partial charge in [-0.05, 0) is 37.1 Å². The number of ether oxygens (including phenoxy) is 1. The Kier molecular flexibility index (Phi) is 4.58. The number of nitrogens with zero attached hydrogens (tertiary/aromatic N) is 2. The van der Waals surface area contributed by atoms with Gasteiger partial charge in [0, 0.05) is 37.9 Å². The summed E-state index contributed by atoms with van der Waals surface area (Å²) in [7, 11) is 0. The highest BCUT2D eigenvalue weighted by Crippen LogP contribution is 2.26. The molecule has 3 rings (SSSR count). The number of benzene rings is 1. The molecular formula is C17H19N3O3. The van der Waals surface area contributed by atoms with E-state index in [0.717, 1.165) is 12.8 Å². The van der Waals surface area contributed by atoms with Crippen molar-refractivity contribution in [1.82, 2.24) is 4.90 Å². The molecule has 1 unspecified atom stereocenters. The number of amides is 2. The molecule has 23 heavy (non-hydrogen) atoms. The predicted molar refractivity (Wildman–Crippen MR) is 83.4 cm³/mol. The predicted octanol–water partition coefficient (Wildman–Crippen LogP) is 1.52. The molecular weight excluding hydrogens is 294 g/mol. The lowest BCUT2D eigenvalue weighted by atomic mass is 10.1. The lowest BCUT2D eigenvalue weighted by Gasteiger charge is -2.31. The molecule has 2 amide bonds. The maximum Gasteiger partial charge on any atom is 0.229 e. The molecule has 0 radical (unpaired) electrons. The van der Waals surface area contributed by atoms with Gasteiger partial charge in [-0.15, -0.1) is 0 Å². The first-order chi connectivity index (χ1) is 11.2. The van der Waals surface area contributed by atoms with Crippen molar-refractivity contribution >= 4 is 17.5 Å². The molecule has 2 fully saturated rings. The van der Waals surface area contributed by atoms with E-state index in [9.17, 15) is 9.59 Å². The van der Waals surface area contributed by atoms with E-state index in [4.69, 9.17) is 10.00 Å². The quantitative estimate of drug-likeness (QED) is 0.917. The minimum atomic E-state index is -0.319. The number of hydrogen-bond acceptors (Lipinski definition) is 4. The molecule has 120 valence electrons. The zero-order chi connectivity index (χ0) is 16.2. The Balaban J connectivity index is 1.59. The van der Waals surface area contributed by atoms with Gasteiger partial charge in [0.05, 0.1) is 17.6 Å². The van der Waals surface area contributed by atoms with Crippen LogP contribution >= 0.6 is 0 Å². The van der Waals surface area contributed by atoms with E-state index < -0.39 is 0 Å². The number of carbonyl (C=O) groups is 2. The topological polar surface area (TPSA) is 82.4 Å². The Labute approximate surface area is 135 Å². The van der Waals surface area contributed by atoms with Gasteiger partial charge in [0.15, 0.2) is 0 Å². The summed E-state index contributed by atoms with van der Waals surface area (Å²) >= 11 is 0. The summed E-state index contributed by atoms with van der Waals surface area (Å²) in [6.07, 6.45) is 1.95. The van der Waals surface area contributed by atoms with Crippen LogP contribution in [0.25, 0.3) is 0 Å². The Morgan fingerprint density at radius 1 is 1.26 bits per heavy atom. The molecule has 2 saturated heterocycles. The van der Waals surface area contributed by atoms with E-state index in [-0.39, 0.29) is 30.2 Å². The van der Waals surface area contributed by atoms with Crippen molar-refractivity contribution in [2.45, 2.75) is 25.3 Å². The molecule has 2 aliphatic heterocycles. The number of hydrogen-bond donors (Lipinski definition) is 1. The monoisotopic (exact) mass is 313 g/mol. The van der Waals surface area contributed by atoms with Crippen LogP contribution in [-0.2, 0) is 14.3 Å². The average Bonchev–Trinajstić information content (AvgIpc) is 2.98. The van der Waals surface area contributed by atoms with Crippen molar-refractivity contribution in [3.05, 3.63) is 29.8 Å². The van der Waals surface area contributed by atoms with Crippen LogP contribution in [0, 0.1) is 17.2 Å². The van der Waals surface area contributed by atoms with E-state index in [2.05, 4.69) is 5.32 Å². The molecule has 0 saturated carbocycles. The van der Waals surface area contributed by atoms with Crippen LogP contribution in [0.1, 0.15) is 24.8 Å². The van der Waals surface area contributed by atoms with E-state index in [1.54, 1.807) is 24.3 Å². The average molecular weight is 313 g/mol. The van der Waals surface area contributed by atoms with Crippen molar-refractivity contribution < 1.29 is 14.3 Å². The molecule has 1 N–H and O–H groups in total. The highest BCUT2D eigenvalue weighted by atomic mass is 16.5. The van der Waals surface area contributed by atoms with Crippen LogP contribution in [0.15, 0.2) is 24.3 Å². The minimum Gasteiger partial charge on any atom is -0.381 e. The van der Waals surface area contributed by atoms with Crippen molar-refractivity contribution in [1.29, 1.82) is 5.26 Å². The first-order valence-electron chi connectivity index (χ1n) is 7.85. The summed E-state index contributed by atoms with van der Waals surface area (Å²) in [5.74, 6) is -0.407. The van der Waals surface area contributed by atoms with E-state index in [1.807, 2.05) is 11.0 Å². The zero-order valence-corrected chi connectivity index (χ0v) is 12.8. The summed E-state index contributed by atoms with van der Waals surface area (Å²) in [5.41, 5.74) is 1.19. The van der Waals surface area contributed by atoms with Gasteiger partial charge < -0.3 is 15.0 Å². The first-order valence-corrected chi connectivity index (χ1v) is 7.85. The summed E-state index contributed by atoms with van der Waals surface area (Å²) < 4.78 is 5.33. The molecule has 1 atom stereocenters. The summed E-state index contributed by atoms with van der Waals surface area (Å²) in [4.78, 5) is 26.4. The van der Waals surface area contributed by atoms with Crippen molar-refractivity contribution in [3.8, 4) is 6.07 Å². The molecule has 6 heteroatoms. The second-order valence-electron chi connectivity index (χ2n) is 5.97. The SMILES string of the molecule is N#Cc1ccc(NC(=O)C2CC(=O)N(C3CCOCC3)C2)cc1. The van der Waals surface area contributed by atoms with Gasteiger partial charge in [0.25, 0.3) is 0 Å². The van der Waals surface area contributed by atoms with Crippen LogP contribution in [0.4, 0.5) is 5.69 Å². The standard InChI is InChI=1S/C17H19N3O3/c18-10-12-1-3-14(4-2-12)19-17(22)13-9-16(21)20(11-13)15-5-7-23-8-6-15/h1-4,13,15H,5-9,11H2,(H,19,22). The third kappa shape index (κ3) is 3.51. The Morgan fingerprint density at radius 2 is 1.96 bits per heavy atom. The third-order valence-corrected chi connectivity index (χ3v) is 4.44. The molecule has 2 aliphatic rings. The van der Waals surface area contributed by atoms with E-state index >= 15 is 0 Å². The van der Waals surface area contributed by atoms with Gasteiger partial charge in [-0.3, -0.25) is 9.59 Å². The second-order valence-corrected chi connectivity index (χ2v) is 5.97. The molecule has 2 heterocycles. The van der Waals surface area contributed by atoms with Crippen LogP contribution < -0.4 is 5.32 Å². The highest BCUT2D eigenvalue weighted by Gasteiger charge is 2.38. The minimum absolute atomic E-state index is 0.0527. The van der Waals surface area contributed by atoms with Gasteiger partial charge in [-0.25, -0.2) is 0 Å². The number of carbonyl (C=O) groups excluding carboxylic acids is 2. The van der Waals surface area contributed by atoms with Crippen LogP contribution in [-0.4, -0.2) is 42.5 Å². The van der Waals surface area contributed by atoms with Crippen LogP contribution in [0.2, 0.25) is 0 Å². The van der Waals surface area contributed by atoms with E-state index in [1.165, 1.54) is 0 Å². The molecule has 0 spiro atoms. The summed E-state index contributed by atoms with van der Waals surface area (Å²) in [6, 6.07) is 8.94. The highest BCUT2D eigenvalue weighted by molar-refractivity contribution is 5.97. The molecule has 6 nitrogen and oxygen atoms in total. The lowest BCUT2D eigenvalue weighted by molar-refractivity contribution is -0.131. The second kappa shape index (κ2) is 6.80. The zero-order valence-electron chi connectivity index (χ0n) is 12.8. The number of anilines is 1. The molecule has 1 aromatic carbocycles. The maximum absolute atomic E-state index is 12.4. The van der Waals surface area contributed by atoms with Gasteiger partial charge in [-0.2, -0.15) is 5.26 Å². The van der Waals surface area contributed by atoms with Gasteiger partial charge >= 0.3 is 0 Å². The summed E-state index contributed by atoms with van der Waals surface area (Å²) in [5, 5.41) is 11.6. The third-order valence-electron chi connectivity index (χ3n) is 4.44. The normalized spacial score (nSPS) is 22.0. The fourth-order valence-corrected chi connectivity index (χ4v) is 3.13. The number of nitrogens with one attached hydrogen (secondary N) is 1. The van der Waals surface area contributed by atoms with Crippen LogP contribution in [0.5, 0.6) is 0 Å². The molecule has 0 aliphatic carbocycles. The van der Waals surface area contributed by atoms with Crippen molar-refractivity contribution in [2.75, 3.05) is 25.1 Å². The number of nitriles is 1. The maximum atomic E-state index is 12.4. The fraction of sp³-hybridized carbons (Fsp3) is 0.471. The largest absolute Gasteiger partial charge is 0.381 e. The molecule has 0 bridgehead atoms. The first kappa shape index (κ1) is 15.5. The van der Waals surface area contributed by atoms with E-state index in [0.29, 0.717) is 31.0 Å². The van der Waals surface area contributed by atoms with Gasteiger partial charge in [-0.1, -0.05) is 0 Å². The number of likely N-dealkylation sites (tertiary alicyclic amines) is 1. The Hall–Kier alpha value is -2.39. The van der Waals surface area contributed by atoms with Gasteiger partial charge in [0.1, 0.15) is 0 Å². The van der Waals surface area contributed by atoms with Crippen LogP contribution in [0.3, 0.4) is 0 Å². The van der Waals surface area contributed by atoms with Crippen molar-refractivity contribution in [3.63, 3.8) is 0 Å². The Bertz CT molecular complexity index is 629. The van der Waals surface area contributed by atoms with Crippen molar-refractivity contribution in [2.24, 2.45) is 5.92 Å². The molecule has 1 aromatic rings. The van der Waals surface area contributed by atoms with Gasteiger partial charge in [0.2, 0.25) is 11.8 Å². The Morgan fingerprint density at radius 3 is 2.61 bits per heavy atom. The molecule has 0 aromatic heterocycles. The summed E-state index contributed by atoms with van der Waals surface area (Å²) in [6.45, 7) is 1.83. The number of rotatable bonds is 3. The lowest BCUT2D eigenvalue weighted by Crippen LogP contribution is -2.41.